The van der Waals surface area contributed by atoms with Gasteiger partial charge in [-0.25, -0.2) is 9.63 Å². The van der Waals surface area contributed by atoms with Crippen LogP contribution >= 0.6 is 11.8 Å². The summed E-state index contributed by atoms with van der Waals surface area (Å²) in [5.74, 6) is -0.255. The highest BCUT2D eigenvalue weighted by atomic mass is 35.5. The summed E-state index contributed by atoms with van der Waals surface area (Å²) < 4.78 is 5.44. The van der Waals surface area contributed by atoms with Crippen LogP contribution in [-0.4, -0.2) is 11.6 Å². The Balaban J connectivity index is 2.33. The second-order valence-electron chi connectivity index (χ2n) is 6.01. The van der Waals surface area contributed by atoms with E-state index in [-0.39, 0.29) is 12.0 Å². The Labute approximate surface area is 119 Å². The first-order valence-electron chi connectivity index (χ1n) is 6.55. The van der Waals surface area contributed by atoms with Crippen molar-refractivity contribution in [2.24, 2.45) is 0 Å². The van der Waals surface area contributed by atoms with Crippen molar-refractivity contribution in [3.63, 3.8) is 0 Å². The summed E-state index contributed by atoms with van der Waals surface area (Å²) in [6, 6.07) is 4.01. The van der Waals surface area contributed by atoms with Gasteiger partial charge in [0.25, 0.3) is 0 Å². The number of rotatable bonds is 2. The Morgan fingerprint density at radius 3 is 2.68 bits per heavy atom. The highest BCUT2D eigenvalue weighted by Gasteiger charge is 2.27. The number of hydrogen-bond donors (Lipinski definition) is 1. The average Bonchev–Trinajstić information content (AvgIpc) is 2.70. The summed E-state index contributed by atoms with van der Waals surface area (Å²) in [5.41, 5.74) is 3.62. The van der Waals surface area contributed by atoms with E-state index in [1.807, 2.05) is 39.8 Å². The lowest BCUT2D eigenvalue weighted by Crippen LogP contribution is -2.24. The maximum atomic E-state index is 12.2. The second-order valence-corrected chi connectivity index (χ2v) is 6.23. The Hall–Kier alpha value is -1.06. The van der Waals surface area contributed by atoms with Crippen molar-refractivity contribution in [3.05, 3.63) is 34.4 Å². The van der Waals surface area contributed by atoms with Crippen LogP contribution in [0.3, 0.4) is 0 Å². The zero-order valence-electron chi connectivity index (χ0n) is 11.8. The van der Waals surface area contributed by atoms with Gasteiger partial charge in [0.15, 0.2) is 0 Å². The summed E-state index contributed by atoms with van der Waals surface area (Å²) in [6.45, 7) is 7.61. The van der Waals surface area contributed by atoms with E-state index in [1.54, 1.807) is 0 Å². The van der Waals surface area contributed by atoms with Crippen LogP contribution in [0, 0.1) is 6.92 Å². The normalized spacial score (nSPS) is 18.3. The maximum absolute atomic E-state index is 12.2. The van der Waals surface area contributed by atoms with Crippen LogP contribution in [-0.2, 0) is 11.2 Å². The lowest BCUT2D eigenvalue weighted by atomic mass is 9.98. The zero-order valence-corrected chi connectivity index (χ0v) is 12.6. The molecule has 0 bridgehead atoms. The van der Waals surface area contributed by atoms with Crippen LogP contribution in [0.1, 0.15) is 60.3 Å². The highest BCUT2D eigenvalue weighted by molar-refractivity contribution is 6.13. The van der Waals surface area contributed by atoms with Gasteiger partial charge in [-0.1, -0.05) is 6.07 Å². The molecule has 0 spiro atoms. The van der Waals surface area contributed by atoms with E-state index >= 15 is 0 Å². The molecule has 1 aliphatic carbocycles. The molecule has 0 saturated carbocycles. The van der Waals surface area contributed by atoms with Crippen molar-refractivity contribution in [3.8, 4) is 0 Å². The summed E-state index contributed by atoms with van der Waals surface area (Å²) in [4.78, 5) is 15.0. The molecule has 3 nitrogen and oxygen atoms in total. The number of hydrogen-bond acceptors (Lipinski definition) is 3. The van der Waals surface area contributed by atoms with Crippen LogP contribution in [0.15, 0.2) is 12.1 Å². The van der Waals surface area contributed by atoms with Crippen molar-refractivity contribution in [1.82, 2.24) is 4.84 Å². The number of carbonyl (C=O) groups excluding carboxylic acids is 1. The number of ether oxygens (including phenoxy) is 1. The molecule has 1 N–H and O–H groups in total. The van der Waals surface area contributed by atoms with E-state index in [0.29, 0.717) is 5.56 Å². The monoisotopic (exact) mass is 281 g/mol. The fourth-order valence-corrected chi connectivity index (χ4v) is 2.77. The fourth-order valence-electron chi connectivity index (χ4n) is 2.55. The van der Waals surface area contributed by atoms with E-state index in [1.165, 1.54) is 11.1 Å². The third kappa shape index (κ3) is 2.93. The van der Waals surface area contributed by atoms with Gasteiger partial charge in [-0.05, 0) is 75.1 Å². The van der Waals surface area contributed by atoms with Gasteiger partial charge >= 0.3 is 5.97 Å². The number of esters is 1. The number of fused-ring (bicyclic) bond motifs is 1. The smallest absolute Gasteiger partial charge is 0.338 e. The molecule has 1 atom stereocenters. The molecule has 1 aromatic rings. The summed E-state index contributed by atoms with van der Waals surface area (Å²) in [5, 5.41) is 0. The largest absolute Gasteiger partial charge is 0.456 e. The molecular weight excluding hydrogens is 262 g/mol. The first-order valence-corrected chi connectivity index (χ1v) is 6.93. The number of benzene rings is 1. The van der Waals surface area contributed by atoms with Gasteiger partial charge in [0.05, 0.1) is 5.56 Å². The third-order valence-electron chi connectivity index (χ3n) is 3.44. The van der Waals surface area contributed by atoms with Crippen LogP contribution in [0.5, 0.6) is 0 Å². The predicted molar refractivity (Wildman–Crippen MR) is 76.4 cm³/mol. The van der Waals surface area contributed by atoms with Crippen LogP contribution < -0.4 is 4.84 Å². The molecule has 1 aromatic carbocycles. The van der Waals surface area contributed by atoms with Crippen molar-refractivity contribution in [2.45, 2.75) is 52.2 Å². The number of nitrogens with one attached hydrogen (secondary N) is 1. The van der Waals surface area contributed by atoms with Crippen LogP contribution in [0.4, 0.5) is 0 Å². The van der Waals surface area contributed by atoms with E-state index < -0.39 is 5.60 Å². The number of carbonyl (C=O) groups is 1. The van der Waals surface area contributed by atoms with Crippen molar-refractivity contribution in [2.75, 3.05) is 0 Å². The Morgan fingerprint density at radius 2 is 2.11 bits per heavy atom. The molecule has 0 heterocycles. The first kappa shape index (κ1) is 14.4. The quantitative estimate of drug-likeness (QED) is 0.664. The molecule has 0 aliphatic heterocycles. The fraction of sp³-hybridized carbons (Fsp3) is 0.533. The van der Waals surface area contributed by atoms with Gasteiger partial charge < -0.3 is 4.74 Å². The predicted octanol–water partition coefficient (Wildman–Crippen LogP) is 3.68. The summed E-state index contributed by atoms with van der Waals surface area (Å²) in [7, 11) is 0. The molecular formula is C15H20ClNO2. The molecule has 0 saturated heterocycles. The molecule has 0 aromatic heterocycles. The zero-order chi connectivity index (χ0) is 14.2. The van der Waals surface area contributed by atoms with Crippen molar-refractivity contribution >= 4 is 17.7 Å². The van der Waals surface area contributed by atoms with Crippen molar-refractivity contribution in [1.29, 1.82) is 0 Å². The van der Waals surface area contributed by atoms with E-state index in [2.05, 4.69) is 4.84 Å². The molecule has 4 heteroatoms. The number of halogens is 1. The second kappa shape index (κ2) is 5.14. The first-order chi connectivity index (χ1) is 8.83. The van der Waals surface area contributed by atoms with Crippen molar-refractivity contribution < 1.29 is 9.53 Å². The van der Waals surface area contributed by atoms with E-state index in [9.17, 15) is 4.79 Å². The minimum atomic E-state index is -0.469. The lowest BCUT2D eigenvalue weighted by molar-refractivity contribution is 0.00686. The Kier molecular flexibility index (Phi) is 3.88. The SMILES string of the molecule is Cc1c(C(=O)OC(C)(C)C)ccc2c1CC[C@@H]2NCl. The molecule has 19 heavy (non-hydrogen) atoms. The van der Waals surface area contributed by atoms with Crippen LogP contribution in [0.2, 0.25) is 0 Å². The van der Waals surface area contributed by atoms with Crippen LogP contribution in [0.25, 0.3) is 0 Å². The van der Waals surface area contributed by atoms with Gasteiger partial charge in [0.2, 0.25) is 0 Å². The van der Waals surface area contributed by atoms with Gasteiger partial charge in [0.1, 0.15) is 5.60 Å². The van der Waals surface area contributed by atoms with Gasteiger partial charge in [-0.3, -0.25) is 0 Å². The molecule has 0 unspecified atom stereocenters. The van der Waals surface area contributed by atoms with Gasteiger partial charge in [-0.2, -0.15) is 0 Å². The maximum Gasteiger partial charge on any atom is 0.338 e. The standard InChI is InChI=1S/C15H20ClNO2/c1-9-10-7-8-13(17-16)12(10)6-5-11(9)14(18)19-15(2,3)4/h5-6,13,17H,7-8H2,1-4H3/t13-/m0/s1. The minimum absolute atomic E-state index is 0.183. The van der Waals surface area contributed by atoms with E-state index in [0.717, 1.165) is 18.4 Å². The average molecular weight is 282 g/mol. The third-order valence-corrected chi connectivity index (χ3v) is 3.71. The summed E-state index contributed by atoms with van der Waals surface area (Å²) in [6.07, 6.45) is 1.92. The van der Waals surface area contributed by atoms with Gasteiger partial charge in [-0.15, -0.1) is 0 Å². The Bertz CT molecular complexity index is 506. The van der Waals surface area contributed by atoms with E-state index in [4.69, 9.17) is 16.5 Å². The summed E-state index contributed by atoms with van der Waals surface area (Å²) >= 11 is 5.74. The molecule has 2 rings (SSSR count). The molecule has 0 amide bonds. The lowest BCUT2D eigenvalue weighted by Gasteiger charge is -2.21. The molecule has 1 aliphatic rings. The Morgan fingerprint density at radius 1 is 1.42 bits per heavy atom. The minimum Gasteiger partial charge on any atom is -0.456 e. The molecule has 0 radical (unpaired) electrons. The topological polar surface area (TPSA) is 38.3 Å². The molecule has 0 fully saturated rings. The molecule has 104 valence electrons. The highest BCUT2D eigenvalue weighted by Crippen LogP contribution is 2.35. The van der Waals surface area contributed by atoms with Gasteiger partial charge in [0, 0.05) is 6.04 Å².